The lowest BCUT2D eigenvalue weighted by Gasteiger charge is -2.19. The fourth-order valence-corrected chi connectivity index (χ4v) is 5.01. The molecule has 0 saturated heterocycles. The number of carbonyl (C=O) groups is 3. The fraction of sp³-hybridized carbons (Fsp3) is 0.543. The molecule has 2 unspecified atom stereocenters. The van der Waals surface area contributed by atoms with Crippen molar-refractivity contribution < 1.29 is 19.1 Å². The van der Waals surface area contributed by atoms with Crippen LogP contribution in [0.3, 0.4) is 0 Å². The molecule has 2 aromatic rings. The summed E-state index contributed by atoms with van der Waals surface area (Å²) in [7, 11) is 1.58. The predicted octanol–water partition coefficient (Wildman–Crippen LogP) is 0.708. The van der Waals surface area contributed by atoms with Crippen LogP contribution in [0.25, 0.3) is 0 Å². The third-order valence-corrected chi connectivity index (χ3v) is 7.65. The standard InChI is InChI=1S/C35H57N9O4/c1-48-31-17-7-6-15-28(31)26-32(45)44-30(25-27-13-4-2-5-14-27)34(47)42-22-9-3-8-18-39-19-11-20-40-21-12-24-41-33(46)29(36)16-10-23-43-35(37)38/h2,4-7,13-15,17,29-30,39-40H,3,8-12,16,18-26,36H2,1H3,(H,41,46)(H,42,47)(H,44,45)(H4,37,38,43). The Kier molecular flexibility index (Phi) is 20.7. The normalized spacial score (nSPS) is 12.0. The molecule has 0 aliphatic rings. The molecule has 0 bridgehead atoms. The molecule has 2 rings (SSSR count). The number of amides is 3. The van der Waals surface area contributed by atoms with Crippen molar-refractivity contribution in [3.8, 4) is 5.75 Å². The molecule has 266 valence electrons. The number of methoxy groups -OCH3 is 1. The first-order valence-corrected chi connectivity index (χ1v) is 17.0. The third kappa shape index (κ3) is 18.2. The topological polar surface area (TPSA) is 211 Å². The van der Waals surface area contributed by atoms with E-state index in [0.29, 0.717) is 44.6 Å². The summed E-state index contributed by atoms with van der Waals surface area (Å²) in [6.07, 6.45) is 6.45. The Morgan fingerprint density at radius 2 is 1.35 bits per heavy atom. The highest BCUT2D eigenvalue weighted by Gasteiger charge is 2.21. The maximum atomic E-state index is 13.1. The molecule has 48 heavy (non-hydrogen) atoms. The lowest BCUT2D eigenvalue weighted by Crippen LogP contribution is -2.48. The Morgan fingerprint density at radius 1 is 0.750 bits per heavy atom. The second kappa shape index (κ2) is 24.9. The number of nitrogens with two attached hydrogens (primary N) is 3. The van der Waals surface area contributed by atoms with Crippen molar-refractivity contribution in [2.75, 3.05) is 52.9 Å². The number of carbonyl (C=O) groups excluding carboxylic acids is 3. The number of nitrogens with zero attached hydrogens (tertiary/aromatic N) is 1. The maximum Gasteiger partial charge on any atom is 0.242 e. The summed E-state index contributed by atoms with van der Waals surface area (Å²) in [6.45, 7) is 5.17. The maximum absolute atomic E-state index is 13.1. The van der Waals surface area contributed by atoms with Crippen LogP contribution in [0, 0.1) is 0 Å². The number of aliphatic imine (C=N–C) groups is 1. The molecule has 11 N–H and O–H groups in total. The molecule has 0 fully saturated rings. The number of hydrogen-bond donors (Lipinski definition) is 8. The summed E-state index contributed by atoms with van der Waals surface area (Å²) >= 11 is 0. The number of benzene rings is 2. The zero-order chi connectivity index (χ0) is 34.8. The second-order valence-corrected chi connectivity index (χ2v) is 11.7. The van der Waals surface area contributed by atoms with Crippen LogP contribution >= 0.6 is 0 Å². The molecule has 2 aromatic carbocycles. The highest BCUT2D eigenvalue weighted by atomic mass is 16.5. The lowest BCUT2D eigenvalue weighted by atomic mass is 10.0. The van der Waals surface area contributed by atoms with Crippen molar-refractivity contribution in [2.45, 2.75) is 69.9 Å². The number of unbranched alkanes of at least 4 members (excludes halogenated alkanes) is 2. The van der Waals surface area contributed by atoms with Crippen LogP contribution in [0.4, 0.5) is 0 Å². The summed E-state index contributed by atoms with van der Waals surface area (Å²) in [6, 6.07) is 15.9. The minimum absolute atomic E-state index is 0.0440. The monoisotopic (exact) mass is 667 g/mol. The van der Waals surface area contributed by atoms with Crippen LogP contribution < -0.4 is 48.5 Å². The number of guanidine groups is 1. The zero-order valence-corrected chi connectivity index (χ0v) is 28.5. The Labute approximate surface area is 285 Å². The van der Waals surface area contributed by atoms with Crippen molar-refractivity contribution in [1.29, 1.82) is 0 Å². The molecule has 3 amide bonds. The highest BCUT2D eigenvalue weighted by Crippen LogP contribution is 2.17. The SMILES string of the molecule is COc1ccccc1CC(=O)NC(Cc1ccccc1)C(=O)NCCCCCNCCCNCCCNC(=O)C(N)CCCN=C(N)N. The van der Waals surface area contributed by atoms with Gasteiger partial charge in [0.05, 0.1) is 19.6 Å². The van der Waals surface area contributed by atoms with Gasteiger partial charge in [0.15, 0.2) is 5.96 Å². The van der Waals surface area contributed by atoms with E-state index in [4.69, 9.17) is 21.9 Å². The summed E-state index contributed by atoms with van der Waals surface area (Å²) in [5.41, 5.74) is 18.2. The molecule has 0 radical (unpaired) electrons. The van der Waals surface area contributed by atoms with Gasteiger partial charge in [-0.2, -0.15) is 0 Å². The number of hydrogen-bond acceptors (Lipinski definition) is 8. The smallest absolute Gasteiger partial charge is 0.242 e. The molecule has 0 heterocycles. The summed E-state index contributed by atoms with van der Waals surface area (Å²) < 4.78 is 5.37. The Morgan fingerprint density at radius 3 is 2.06 bits per heavy atom. The fourth-order valence-electron chi connectivity index (χ4n) is 5.01. The van der Waals surface area contributed by atoms with Crippen LogP contribution in [0.5, 0.6) is 5.75 Å². The van der Waals surface area contributed by atoms with E-state index in [9.17, 15) is 14.4 Å². The molecule has 13 nitrogen and oxygen atoms in total. The van der Waals surface area contributed by atoms with Gasteiger partial charge in [-0.25, -0.2) is 0 Å². The molecular formula is C35H57N9O4. The van der Waals surface area contributed by atoms with Gasteiger partial charge in [0.1, 0.15) is 11.8 Å². The van der Waals surface area contributed by atoms with Crippen LogP contribution in [-0.2, 0) is 27.2 Å². The molecule has 0 aliphatic carbocycles. The van der Waals surface area contributed by atoms with Crippen LogP contribution in [0.1, 0.15) is 56.1 Å². The van der Waals surface area contributed by atoms with Crippen molar-refractivity contribution >= 4 is 23.7 Å². The Hall–Kier alpha value is -4.20. The zero-order valence-electron chi connectivity index (χ0n) is 28.5. The van der Waals surface area contributed by atoms with Crippen LogP contribution in [0.2, 0.25) is 0 Å². The lowest BCUT2D eigenvalue weighted by molar-refractivity contribution is -0.128. The van der Waals surface area contributed by atoms with E-state index in [0.717, 1.165) is 69.4 Å². The molecule has 0 aromatic heterocycles. The molecule has 0 spiro atoms. The van der Waals surface area contributed by atoms with E-state index in [1.807, 2.05) is 54.6 Å². The number of ether oxygens (including phenoxy) is 1. The molecular weight excluding hydrogens is 610 g/mol. The average Bonchev–Trinajstić information content (AvgIpc) is 3.08. The Balaban J connectivity index is 1.52. The van der Waals surface area contributed by atoms with E-state index in [1.54, 1.807) is 7.11 Å². The first kappa shape index (κ1) is 40.0. The summed E-state index contributed by atoms with van der Waals surface area (Å²) in [4.78, 5) is 41.9. The van der Waals surface area contributed by atoms with E-state index in [1.165, 1.54) is 0 Å². The number of para-hydroxylation sites is 1. The minimum Gasteiger partial charge on any atom is -0.496 e. The van der Waals surface area contributed by atoms with Crippen molar-refractivity contribution in [1.82, 2.24) is 26.6 Å². The largest absolute Gasteiger partial charge is 0.496 e. The second-order valence-electron chi connectivity index (χ2n) is 11.7. The molecule has 0 saturated carbocycles. The van der Waals surface area contributed by atoms with Crippen molar-refractivity contribution in [3.63, 3.8) is 0 Å². The minimum atomic E-state index is -0.666. The van der Waals surface area contributed by atoms with Crippen LogP contribution in [0.15, 0.2) is 59.6 Å². The van der Waals surface area contributed by atoms with Gasteiger partial charge in [-0.15, -0.1) is 0 Å². The molecule has 13 heteroatoms. The van der Waals surface area contributed by atoms with Crippen LogP contribution in [-0.4, -0.2) is 88.7 Å². The van der Waals surface area contributed by atoms with Gasteiger partial charge in [-0.05, 0) is 76.3 Å². The van der Waals surface area contributed by atoms with Gasteiger partial charge in [0.25, 0.3) is 0 Å². The Bertz CT molecular complexity index is 1230. The molecule has 2 atom stereocenters. The highest BCUT2D eigenvalue weighted by molar-refractivity contribution is 5.88. The van der Waals surface area contributed by atoms with E-state index in [-0.39, 0.29) is 30.1 Å². The van der Waals surface area contributed by atoms with Gasteiger partial charge < -0.3 is 48.5 Å². The van der Waals surface area contributed by atoms with Gasteiger partial charge >= 0.3 is 0 Å². The first-order valence-electron chi connectivity index (χ1n) is 17.0. The van der Waals surface area contributed by atoms with Gasteiger partial charge in [0.2, 0.25) is 17.7 Å². The summed E-state index contributed by atoms with van der Waals surface area (Å²) in [5, 5.41) is 15.7. The van der Waals surface area contributed by atoms with Crippen molar-refractivity contribution in [3.05, 3.63) is 65.7 Å². The predicted molar refractivity (Wildman–Crippen MR) is 192 cm³/mol. The number of nitrogens with one attached hydrogen (secondary N) is 5. The van der Waals surface area contributed by atoms with Crippen molar-refractivity contribution in [2.24, 2.45) is 22.2 Å². The average molecular weight is 668 g/mol. The van der Waals surface area contributed by atoms with Gasteiger partial charge in [0, 0.05) is 31.6 Å². The number of rotatable bonds is 26. The van der Waals surface area contributed by atoms with Gasteiger partial charge in [-0.3, -0.25) is 19.4 Å². The van der Waals surface area contributed by atoms with E-state index >= 15 is 0 Å². The van der Waals surface area contributed by atoms with Gasteiger partial charge in [-0.1, -0.05) is 55.0 Å². The first-order chi connectivity index (χ1) is 23.3. The van der Waals surface area contributed by atoms with E-state index in [2.05, 4.69) is 31.6 Å². The summed E-state index contributed by atoms with van der Waals surface area (Å²) in [5.74, 6) is 0.134. The molecule has 0 aliphatic heterocycles. The van der Waals surface area contributed by atoms with E-state index < -0.39 is 12.1 Å². The quantitative estimate of drug-likeness (QED) is 0.0403. The third-order valence-electron chi connectivity index (χ3n) is 7.65.